The molecule has 0 aliphatic heterocycles. The summed E-state index contributed by atoms with van der Waals surface area (Å²) in [4.78, 5) is 22.7. The molecule has 0 aliphatic rings. The molecule has 0 aromatic heterocycles. The molecule has 1 aromatic rings. The summed E-state index contributed by atoms with van der Waals surface area (Å²) < 4.78 is 0.996. The molecular weight excluding hydrogens is 359 g/mol. The average Bonchev–Trinajstić information content (AvgIpc) is 2.34. The quantitative estimate of drug-likeness (QED) is 0.668. The zero-order valence-corrected chi connectivity index (χ0v) is 12.8. The van der Waals surface area contributed by atoms with E-state index in [2.05, 4.69) is 33.2 Å². The highest BCUT2D eigenvalue weighted by Gasteiger charge is 2.18. The summed E-state index contributed by atoms with van der Waals surface area (Å²) in [6.45, 7) is 1.98. The van der Waals surface area contributed by atoms with Crippen LogP contribution in [0.2, 0.25) is 0 Å². The van der Waals surface area contributed by atoms with E-state index in [0.29, 0.717) is 12.1 Å². The van der Waals surface area contributed by atoms with Crippen molar-refractivity contribution in [2.75, 3.05) is 5.32 Å². The summed E-state index contributed by atoms with van der Waals surface area (Å²) in [5.74, 6) is -1.01. The molecule has 0 aliphatic carbocycles. The minimum absolute atomic E-state index is 0.436. The number of carboxylic acid groups (broad SMARTS) is 1. The minimum Gasteiger partial charge on any atom is -0.480 e. The van der Waals surface area contributed by atoms with Crippen LogP contribution in [-0.2, 0) is 4.79 Å². The molecule has 0 saturated heterocycles. The fourth-order valence-electron chi connectivity index (χ4n) is 1.56. The number of benzene rings is 1. The van der Waals surface area contributed by atoms with Crippen LogP contribution in [0.25, 0.3) is 0 Å². The van der Waals surface area contributed by atoms with Gasteiger partial charge in [0.2, 0.25) is 0 Å². The molecule has 0 heterocycles. The number of carbonyl (C=O) groups excluding carboxylic acids is 1. The molecule has 1 rings (SSSR count). The standard InChI is InChI=1S/C13H17IN2O3/c1-2-3-7-11(12(17)18)16-13(19)15-10-6-4-5-9(14)8-10/h4-6,8,11H,2-3,7H2,1H3,(H,17,18)(H2,15,16,19). The lowest BCUT2D eigenvalue weighted by atomic mass is 10.1. The first kappa shape index (κ1) is 15.7. The maximum absolute atomic E-state index is 11.7. The zero-order valence-electron chi connectivity index (χ0n) is 10.6. The zero-order chi connectivity index (χ0) is 14.3. The smallest absolute Gasteiger partial charge is 0.326 e. The molecule has 19 heavy (non-hydrogen) atoms. The second-order valence-corrected chi connectivity index (χ2v) is 5.39. The number of carboxylic acids is 1. The summed E-state index contributed by atoms with van der Waals surface area (Å²) in [6, 6.07) is 5.95. The Morgan fingerprint density at radius 1 is 1.42 bits per heavy atom. The lowest BCUT2D eigenvalue weighted by molar-refractivity contribution is -0.139. The van der Waals surface area contributed by atoms with E-state index in [1.807, 2.05) is 25.1 Å². The largest absolute Gasteiger partial charge is 0.480 e. The topological polar surface area (TPSA) is 78.4 Å². The van der Waals surface area contributed by atoms with E-state index in [1.165, 1.54) is 0 Å². The van der Waals surface area contributed by atoms with Crippen molar-refractivity contribution >= 4 is 40.3 Å². The Bertz CT molecular complexity index is 451. The number of hydrogen-bond donors (Lipinski definition) is 3. The summed E-state index contributed by atoms with van der Waals surface area (Å²) in [5, 5.41) is 14.1. The molecule has 0 bridgehead atoms. The van der Waals surface area contributed by atoms with Gasteiger partial charge in [0.15, 0.2) is 0 Å². The van der Waals surface area contributed by atoms with Crippen molar-refractivity contribution < 1.29 is 14.7 Å². The van der Waals surface area contributed by atoms with Gasteiger partial charge in [0, 0.05) is 9.26 Å². The van der Waals surface area contributed by atoms with Crippen molar-refractivity contribution in [3.63, 3.8) is 0 Å². The highest BCUT2D eigenvalue weighted by atomic mass is 127. The number of halogens is 1. The highest BCUT2D eigenvalue weighted by Crippen LogP contribution is 2.12. The highest BCUT2D eigenvalue weighted by molar-refractivity contribution is 14.1. The van der Waals surface area contributed by atoms with E-state index in [1.54, 1.807) is 6.07 Å². The second-order valence-electron chi connectivity index (χ2n) is 4.14. The van der Waals surface area contributed by atoms with Gasteiger partial charge in [0.05, 0.1) is 0 Å². The maximum atomic E-state index is 11.7. The predicted molar refractivity (Wildman–Crippen MR) is 82.3 cm³/mol. The monoisotopic (exact) mass is 376 g/mol. The molecule has 1 atom stereocenters. The lowest BCUT2D eigenvalue weighted by Crippen LogP contribution is -2.42. The van der Waals surface area contributed by atoms with Gasteiger partial charge in [-0.1, -0.05) is 25.8 Å². The Morgan fingerprint density at radius 2 is 2.16 bits per heavy atom. The Balaban J connectivity index is 2.55. The predicted octanol–water partition coefficient (Wildman–Crippen LogP) is 3.06. The van der Waals surface area contributed by atoms with Gasteiger partial charge in [0.1, 0.15) is 6.04 Å². The Kier molecular flexibility index (Phi) is 6.61. The van der Waals surface area contributed by atoms with E-state index in [9.17, 15) is 9.59 Å². The normalized spacial score (nSPS) is 11.7. The third-order valence-electron chi connectivity index (χ3n) is 2.53. The molecule has 2 amide bonds. The Hall–Kier alpha value is -1.31. The van der Waals surface area contributed by atoms with Crippen LogP contribution in [0.15, 0.2) is 24.3 Å². The van der Waals surface area contributed by atoms with Crippen LogP contribution in [0.5, 0.6) is 0 Å². The van der Waals surface area contributed by atoms with Crippen molar-refractivity contribution in [2.24, 2.45) is 0 Å². The van der Waals surface area contributed by atoms with Crippen molar-refractivity contribution in [2.45, 2.75) is 32.2 Å². The lowest BCUT2D eigenvalue weighted by Gasteiger charge is -2.14. The molecule has 0 fully saturated rings. The first-order chi connectivity index (χ1) is 9.02. The molecule has 0 spiro atoms. The SMILES string of the molecule is CCCCC(NC(=O)Nc1cccc(I)c1)C(=O)O. The third kappa shape index (κ3) is 5.91. The van der Waals surface area contributed by atoms with Crippen LogP contribution in [-0.4, -0.2) is 23.1 Å². The molecule has 104 valence electrons. The van der Waals surface area contributed by atoms with Crippen LogP contribution in [0.1, 0.15) is 26.2 Å². The van der Waals surface area contributed by atoms with Crippen molar-refractivity contribution in [3.8, 4) is 0 Å². The first-order valence-electron chi connectivity index (χ1n) is 6.08. The van der Waals surface area contributed by atoms with Gasteiger partial charge in [-0.2, -0.15) is 0 Å². The van der Waals surface area contributed by atoms with Crippen LogP contribution in [0, 0.1) is 3.57 Å². The van der Waals surface area contributed by atoms with Crippen LogP contribution >= 0.6 is 22.6 Å². The summed E-state index contributed by atoms with van der Waals surface area (Å²) >= 11 is 2.14. The number of rotatable bonds is 6. The molecule has 1 aromatic carbocycles. The van der Waals surface area contributed by atoms with E-state index in [4.69, 9.17) is 5.11 Å². The van der Waals surface area contributed by atoms with Gasteiger partial charge in [-0.25, -0.2) is 9.59 Å². The molecule has 0 radical (unpaired) electrons. The fourth-order valence-corrected chi connectivity index (χ4v) is 2.10. The number of anilines is 1. The van der Waals surface area contributed by atoms with Gasteiger partial charge in [-0.15, -0.1) is 0 Å². The number of aliphatic carboxylic acids is 1. The van der Waals surface area contributed by atoms with E-state index in [0.717, 1.165) is 16.4 Å². The van der Waals surface area contributed by atoms with E-state index < -0.39 is 18.0 Å². The average molecular weight is 376 g/mol. The number of hydrogen-bond acceptors (Lipinski definition) is 2. The molecular formula is C13H17IN2O3. The van der Waals surface area contributed by atoms with Gasteiger partial charge in [0.25, 0.3) is 0 Å². The van der Waals surface area contributed by atoms with E-state index in [-0.39, 0.29) is 0 Å². The molecule has 1 unspecified atom stereocenters. The number of unbranched alkanes of at least 4 members (excludes halogenated alkanes) is 1. The molecule has 5 nitrogen and oxygen atoms in total. The number of amides is 2. The Morgan fingerprint density at radius 3 is 2.74 bits per heavy atom. The summed E-state index contributed by atoms with van der Waals surface area (Å²) in [6.07, 6.45) is 2.09. The minimum atomic E-state index is -1.01. The van der Waals surface area contributed by atoms with Crippen LogP contribution in [0.3, 0.4) is 0 Å². The second kappa shape index (κ2) is 7.98. The van der Waals surface area contributed by atoms with Gasteiger partial charge >= 0.3 is 12.0 Å². The van der Waals surface area contributed by atoms with Gasteiger partial charge in [-0.05, 0) is 47.2 Å². The van der Waals surface area contributed by atoms with E-state index >= 15 is 0 Å². The van der Waals surface area contributed by atoms with Crippen molar-refractivity contribution in [1.82, 2.24) is 5.32 Å². The number of nitrogens with one attached hydrogen (secondary N) is 2. The van der Waals surface area contributed by atoms with Gasteiger partial charge < -0.3 is 15.7 Å². The third-order valence-corrected chi connectivity index (χ3v) is 3.20. The fraction of sp³-hybridized carbons (Fsp3) is 0.385. The molecule has 0 saturated carbocycles. The van der Waals surface area contributed by atoms with Crippen LogP contribution < -0.4 is 10.6 Å². The maximum Gasteiger partial charge on any atom is 0.326 e. The van der Waals surface area contributed by atoms with Crippen LogP contribution in [0.4, 0.5) is 10.5 Å². The summed E-state index contributed by atoms with van der Waals surface area (Å²) in [5.41, 5.74) is 0.643. The first-order valence-corrected chi connectivity index (χ1v) is 7.16. The number of carbonyl (C=O) groups is 2. The van der Waals surface area contributed by atoms with Crippen molar-refractivity contribution in [3.05, 3.63) is 27.8 Å². The Labute approximate surface area is 125 Å². The van der Waals surface area contributed by atoms with Gasteiger partial charge in [-0.3, -0.25) is 0 Å². The summed E-state index contributed by atoms with van der Waals surface area (Å²) in [7, 11) is 0. The van der Waals surface area contributed by atoms with Crippen molar-refractivity contribution in [1.29, 1.82) is 0 Å². The number of urea groups is 1. The molecule has 3 N–H and O–H groups in total. The molecule has 6 heteroatoms.